The second kappa shape index (κ2) is 12.8. The number of piperidine rings is 1. The van der Waals surface area contributed by atoms with Gasteiger partial charge in [-0.2, -0.15) is 0 Å². The van der Waals surface area contributed by atoms with Crippen molar-refractivity contribution in [1.29, 1.82) is 0 Å². The number of hydrogen-bond donors (Lipinski definition) is 1. The maximum Gasteiger partial charge on any atom is 0.308 e. The van der Waals surface area contributed by atoms with Crippen LogP contribution < -0.4 is 10.1 Å². The predicted octanol–water partition coefficient (Wildman–Crippen LogP) is 3.89. The number of carbonyl (C=O) groups excluding carboxylic acids is 3. The minimum Gasteiger partial charge on any atom is -0.493 e. The Morgan fingerprint density at radius 3 is 2.21 bits per heavy atom. The van der Waals surface area contributed by atoms with Gasteiger partial charge in [0.15, 0.2) is 0 Å². The highest BCUT2D eigenvalue weighted by molar-refractivity contribution is 5.81. The number of carbonyl (C=O) groups is 3. The SMILES string of the molecule is CC(C)OC(=O)CC(NC(=O)C1CCN(C(=O)CCOc2ccccc2)CC1)c1ccccc1. The molecule has 1 atom stereocenters. The van der Waals surface area contributed by atoms with Crippen LogP contribution in [0, 0.1) is 5.92 Å². The molecule has 1 fully saturated rings. The molecule has 2 aromatic rings. The van der Waals surface area contributed by atoms with Gasteiger partial charge in [-0.3, -0.25) is 14.4 Å². The zero-order chi connectivity index (χ0) is 24.3. The van der Waals surface area contributed by atoms with Crippen molar-refractivity contribution in [3.8, 4) is 5.75 Å². The first-order valence-corrected chi connectivity index (χ1v) is 11.9. The third kappa shape index (κ3) is 7.90. The molecule has 3 rings (SSSR count). The number of hydrogen-bond acceptors (Lipinski definition) is 5. The van der Waals surface area contributed by atoms with Gasteiger partial charge in [0.1, 0.15) is 5.75 Å². The molecule has 0 saturated carbocycles. The summed E-state index contributed by atoms with van der Waals surface area (Å²) >= 11 is 0. The van der Waals surface area contributed by atoms with Crippen LogP contribution in [0.2, 0.25) is 0 Å². The van der Waals surface area contributed by atoms with Crippen LogP contribution in [-0.4, -0.2) is 48.5 Å². The molecule has 7 heteroatoms. The summed E-state index contributed by atoms with van der Waals surface area (Å²) in [4.78, 5) is 39.6. The number of amides is 2. The summed E-state index contributed by atoms with van der Waals surface area (Å²) < 4.78 is 10.9. The van der Waals surface area contributed by atoms with Crippen LogP contribution in [0.15, 0.2) is 60.7 Å². The number of rotatable bonds is 10. The Morgan fingerprint density at radius 1 is 0.971 bits per heavy atom. The van der Waals surface area contributed by atoms with Crippen molar-refractivity contribution >= 4 is 17.8 Å². The quantitative estimate of drug-likeness (QED) is 0.537. The monoisotopic (exact) mass is 466 g/mol. The third-order valence-electron chi connectivity index (χ3n) is 5.80. The molecular weight excluding hydrogens is 432 g/mol. The first-order valence-electron chi connectivity index (χ1n) is 11.9. The van der Waals surface area contributed by atoms with Crippen molar-refractivity contribution in [2.75, 3.05) is 19.7 Å². The van der Waals surface area contributed by atoms with Gasteiger partial charge in [-0.15, -0.1) is 0 Å². The van der Waals surface area contributed by atoms with E-state index in [1.165, 1.54) is 0 Å². The summed E-state index contributed by atoms with van der Waals surface area (Å²) in [6.45, 7) is 5.00. The van der Waals surface area contributed by atoms with Crippen molar-refractivity contribution in [2.24, 2.45) is 5.92 Å². The number of nitrogens with zero attached hydrogens (tertiary/aromatic N) is 1. The number of para-hydroxylation sites is 1. The van der Waals surface area contributed by atoms with Crippen LogP contribution in [0.1, 0.15) is 51.1 Å². The highest BCUT2D eigenvalue weighted by Gasteiger charge is 2.29. The Hall–Kier alpha value is -3.35. The summed E-state index contributed by atoms with van der Waals surface area (Å²) in [7, 11) is 0. The van der Waals surface area contributed by atoms with E-state index in [2.05, 4.69) is 5.32 Å². The Labute approximate surface area is 201 Å². The number of esters is 1. The molecule has 0 aromatic heterocycles. The first-order chi connectivity index (χ1) is 16.4. The number of ether oxygens (including phenoxy) is 2. The Morgan fingerprint density at radius 2 is 1.59 bits per heavy atom. The molecule has 34 heavy (non-hydrogen) atoms. The Kier molecular flexibility index (Phi) is 9.50. The predicted molar refractivity (Wildman–Crippen MR) is 129 cm³/mol. The topological polar surface area (TPSA) is 84.9 Å². The minimum absolute atomic E-state index is 0.0355. The normalized spacial score (nSPS) is 15.0. The molecule has 1 aliphatic heterocycles. The molecule has 1 saturated heterocycles. The fourth-order valence-corrected chi connectivity index (χ4v) is 4.03. The Bertz CT molecular complexity index is 925. The lowest BCUT2D eigenvalue weighted by Crippen LogP contribution is -2.44. The molecule has 0 aliphatic carbocycles. The van der Waals surface area contributed by atoms with E-state index in [4.69, 9.17) is 9.47 Å². The number of likely N-dealkylation sites (tertiary alicyclic amines) is 1. The first kappa shape index (κ1) is 25.3. The molecule has 2 aromatic carbocycles. The summed E-state index contributed by atoms with van der Waals surface area (Å²) in [5.41, 5.74) is 0.864. The summed E-state index contributed by atoms with van der Waals surface area (Å²) in [5, 5.41) is 3.04. The second-order valence-corrected chi connectivity index (χ2v) is 8.78. The van der Waals surface area contributed by atoms with Crippen LogP contribution in [0.3, 0.4) is 0 Å². The van der Waals surface area contributed by atoms with Gasteiger partial charge in [-0.05, 0) is 44.4 Å². The van der Waals surface area contributed by atoms with E-state index < -0.39 is 6.04 Å². The van der Waals surface area contributed by atoms with E-state index in [0.717, 1.165) is 11.3 Å². The average molecular weight is 467 g/mol. The molecular formula is C27H34N2O5. The molecule has 7 nitrogen and oxygen atoms in total. The molecule has 2 amide bonds. The van der Waals surface area contributed by atoms with Crippen molar-refractivity contribution in [1.82, 2.24) is 10.2 Å². The van der Waals surface area contributed by atoms with Gasteiger partial charge in [0, 0.05) is 19.0 Å². The smallest absolute Gasteiger partial charge is 0.308 e. The zero-order valence-electron chi connectivity index (χ0n) is 19.9. The molecule has 182 valence electrons. The molecule has 0 spiro atoms. The highest BCUT2D eigenvalue weighted by atomic mass is 16.5. The molecule has 0 radical (unpaired) electrons. The maximum atomic E-state index is 13.0. The van der Waals surface area contributed by atoms with Gasteiger partial charge >= 0.3 is 5.97 Å². The van der Waals surface area contributed by atoms with Crippen LogP contribution >= 0.6 is 0 Å². The van der Waals surface area contributed by atoms with Crippen LogP contribution in [0.4, 0.5) is 0 Å². The van der Waals surface area contributed by atoms with Crippen molar-refractivity contribution in [3.05, 3.63) is 66.2 Å². The lowest BCUT2D eigenvalue weighted by Gasteiger charge is -2.32. The second-order valence-electron chi connectivity index (χ2n) is 8.78. The number of nitrogens with one attached hydrogen (secondary N) is 1. The van der Waals surface area contributed by atoms with Gasteiger partial charge in [0.2, 0.25) is 11.8 Å². The van der Waals surface area contributed by atoms with E-state index in [1.54, 1.807) is 18.7 Å². The summed E-state index contributed by atoms with van der Waals surface area (Å²) in [5.74, 6) is 0.147. The van der Waals surface area contributed by atoms with Gasteiger partial charge in [-0.1, -0.05) is 48.5 Å². The standard InChI is InChI=1S/C27H34N2O5/c1-20(2)34-26(31)19-24(21-9-5-3-6-10-21)28-27(32)22-13-16-29(17-14-22)25(30)15-18-33-23-11-7-4-8-12-23/h3-12,20,22,24H,13-19H2,1-2H3,(H,28,32). The van der Waals surface area contributed by atoms with Crippen molar-refractivity contribution in [3.63, 3.8) is 0 Å². The fraction of sp³-hybridized carbons (Fsp3) is 0.444. The van der Waals surface area contributed by atoms with E-state index >= 15 is 0 Å². The Balaban J connectivity index is 1.47. The lowest BCUT2D eigenvalue weighted by atomic mass is 9.94. The fourth-order valence-electron chi connectivity index (χ4n) is 4.03. The number of benzene rings is 2. The van der Waals surface area contributed by atoms with Crippen molar-refractivity contribution < 1.29 is 23.9 Å². The van der Waals surface area contributed by atoms with E-state index in [0.29, 0.717) is 39.0 Å². The minimum atomic E-state index is -0.449. The van der Waals surface area contributed by atoms with Crippen LogP contribution in [0.25, 0.3) is 0 Å². The lowest BCUT2D eigenvalue weighted by molar-refractivity contribution is -0.148. The summed E-state index contributed by atoms with van der Waals surface area (Å²) in [6.07, 6.45) is 1.36. The highest BCUT2D eigenvalue weighted by Crippen LogP contribution is 2.23. The molecule has 1 unspecified atom stereocenters. The van der Waals surface area contributed by atoms with E-state index in [-0.39, 0.29) is 36.2 Å². The largest absolute Gasteiger partial charge is 0.493 e. The molecule has 1 heterocycles. The van der Waals surface area contributed by atoms with Gasteiger partial charge in [0.25, 0.3) is 0 Å². The summed E-state index contributed by atoms with van der Waals surface area (Å²) in [6, 6.07) is 18.4. The molecule has 1 N–H and O–H groups in total. The molecule has 0 bridgehead atoms. The van der Waals surface area contributed by atoms with Gasteiger partial charge in [0.05, 0.1) is 31.6 Å². The van der Waals surface area contributed by atoms with Crippen LogP contribution in [-0.2, 0) is 19.1 Å². The van der Waals surface area contributed by atoms with E-state index in [1.807, 2.05) is 60.7 Å². The van der Waals surface area contributed by atoms with Crippen LogP contribution in [0.5, 0.6) is 5.75 Å². The third-order valence-corrected chi connectivity index (χ3v) is 5.80. The van der Waals surface area contributed by atoms with Gasteiger partial charge < -0.3 is 19.7 Å². The average Bonchev–Trinajstić information content (AvgIpc) is 2.84. The van der Waals surface area contributed by atoms with E-state index in [9.17, 15) is 14.4 Å². The molecule has 1 aliphatic rings. The van der Waals surface area contributed by atoms with Gasteiger partial charge in [-0.25, -0.2) is 0 Å². The maximum absolute atomic E-state index is 13.0. The zero-order valence-corrected chi connectivity index (χ0v) is 19.9. The van der Waals surface area contributed by atoms with Crippen molar-refractivity contribution in [2.45, 2.75) is 51.7 Å².